The van der Waals surface area contributed by atoms with Crippen molar-refractivity contribution in [2.45, 2.75) is 37.9 Å². The highest BCUT2D eigenvalue weighted by molar-refractivity contribution is 4.85. The Hall–Kier alpha value is -0.580. The molecule has 1 aliphatic rings. The summed E-state index contributed by atoms with van der Waals surface area (Å²) < 4.78 is 12.5. The van der Waals surface area contributed by atoms with E-state index < -0.39 is 6.17 Å². The molecule has 0 spiro atoms. The molecule has 0 N–H and O–H groups in total. The molecule has 1 nitrogen and oxygen atoms in total. The van der Waals surface area contributed by atoms with Crippen molar-refractivity contribution in [3.63, 3.8) is 0 Å². The summed E-state index contributed by atoms with van der Waals surface area (Å²) in [6.07, 6.45) is 2.26. The molecule has 50 valence electrons. The van der Waals surface area contributed by atoms with E-state index in [0.717, 1.165) is 12.8 Å². The summed E-state index contributed by atoms with van der Waals surface area (Å²) in [7, 11) is 0. The highest BCUT2D eigenvalue weighted by Crippen LogP contribution is 2.22. The molecule has 2 heteroatoms. The zero-order valence-corrected chi connectivity index (χ0v) is 5.31. The van der Waals surface area contributed by atoms with Crippen LogP contribution in [0.25, 0.3) is 4.85 Å². The number of hydrogen-bond acceptors (Lipinski definition) is 0. The number of hydrogen-bond donors (Lipinski definition) is 0. The molecule has 9 heavy (non-hydrogen) atoms. The molecule has 1 aliphatic carbocycles. The SMILES string of the molecule is [C-]#[N+]C1CCCC(F)C1. The second kappa shape index (κ2) is 2.82. The van der Waals surface area contributed by atoms with E-state index in [4.69, 9.17) is 6.57 Å². The van der Waals surface area contributed by atoms with E-state index in [1.165, 1.54) is 0 Å². The first-order valence-electron chi connectivity index (χ1n) is 3.33. The van der Waals surface area contributed by atoms with Gasteiger partial charge in [0.1, 0.15) is 6.17 Å². The summed E-state index contributed by atoms with van der Waals surface area (Å²) in [5.41, 5.74) is 0. The average molecular weight is 127 g/mol. The molecule has 0 heterocycles. The minimum atomic E-state index is -0.696. The summed E-state index contributed by atoms with van der Waals surface area (Å²) >= 11 is 0. The molecule has 1 saturated carbocycles. The van der Waals surface area contributed by atoms with Gasteiger partial charge in [-0.05, 0) is 12.8 Å². The Balaban J connectivity index is 2.34. The molecular weight excluding hydrogens is 117 g/mol. The molecule has 0 aliphatic heterocycles. The summed E-state index contributed by atoms with van der Waals surface area (Å²) in [6.45, 7) is 6.65. The minimum absolute atomic E-state index is 0.0197. The van der Waals surface area contributed by atoms with Gasteiger partial charge in [-0.15, -0.1) is 0 Å². The van der Waals surface area contributed by atoms with Crippen LogP contribution in [0.3, 0.4) is 0 Å². The fraction of sp³-hybridized carbons (Fsp3) is 0.857. The molecule has 0 aromatic rings. The third-order valence-electron chi connectivity index (χ3n) is 1.77. The predicted molar refractivity (Wildman–Crippen MR) is 33.8 cm³/mol. The lowest BCUT2D eigenvalue weighted by molar-refractivity contribution is 0.244. The van der Waals surface area contributed by atoms with Crippen LogP contribution in [0.2, 0.25) is 0 Å². The van der Waals surface area contributed by atoms with E-state index in [1.54, 1.807) is 0 Å². The van der Waals surface area contributed by atoms with E-state index in [-0.39, 0.29) is 6.04 Å². The van der Waals surface area contributed by atoms with Crippen molar-refractivity contribution in [2.24, 2.45) is 0 Å². The van der Waals surface area contributed by atoms with Crippen LogP contribution in [0.5, 0.6) is 0 Å². The van der Waals surface area contributed by atoms with Gasteiger partial charge < -0.3 is 4.85 Å². The van der Waals surface area contributed by atoms with E-state index in [2.05, 4.69) is 4.85 Å². The van der Waals surface area contributed by atoms with Crippen LogP contribution < -0.4 is 0 Å². The molecule has 0 radical (unpaired) electrons. The van der Waals surface area contributed by atoms with Gasteiger partial charge in [0.05, 0.1) is 6.42 Å². The Bertz CT molecular complexity index is 127. The van der Waals surface area contributed by atoms with Gasteiger partial charge in [-0.3, -0.25) is 0 Å². The quantitative estimate of drug-likeness (QED) is 0.439. The Morgan fingerprint density at radius 2 is 2.22 bits per heavy atom. The van der Waals surface area contributed by atoms with Gasteiger partial charge in [-0.25, -0.2) is 11.0 Å². The zero-order valence-electron chi connectivity index (χ0n) is 5.31. The fourth-order valence-electron chi connectivity index (χ4n) is 1.22. The van der Waals surface area contributed by atoms with Crippen LogP contribution in [0.4, 0.5) is 4.39 Å². The highest BCUT2D eigenvalue weighted by Gasteiger charge is 2.24. The van der Waals surface area contributed by atoms with Gasteiger partial charge in [0, 0.05) is 6.42 Å². The maximum absolute atomic E-state index is 12.5. The number of rotatable bonds is 0. The van der Waals surface area contributed by atoms with Crippen molar-refractivity contribution in [1.29, 1.82) is 0 Å². The van der Waals surface area contributed by atoms with E-state index in [9.17, 15) is 4.39 Å². The van der Waals surface area contributed by atoms with Crippen LogP contribution in [-0.2, 0) is 0 Å². The summed E-state index contributed by atoms with van der Waals surface area (Å²) in [5.74, 6) is 0. The Morgan fingerprint density at radius 3 is 2.67 bits per heavy atom. The lowest BCUT2D eigenvalue weighted by atomic mass is 9.95. The van der Waals surface area contributed by atoms with E-state index in [1.807, 2.05) is 0 Å². The van der Waals surface area contributed by atoms with E-state index in [0.29, 0.717) is 12.8 Å². The molecule has 0 aromatic heterocycles. The molecular formula is C7H10FN. The monoisotopic (exact) mass is 127 g/mol. The maximum atomic E-state index is 12.5. The van der Waals surface area contributed by atoms with Crippen molar-refractivity contribution in [3.8, 4) is 0 Å². The van der Waals surface area contributed by atoms with Crippen LogP contribution in [0.1, 0.15) is 25.7 Å². The molecule has 1 fully saturated rings. The maximum Gasteiger partial charge on any atom is 0.226 e. The van der Waals surface area contributed by atoms with Crippen LogP contribution in [-0.4, -0.2) is 12.2 Å². The topological polar surface area (TPSA) is 4.36 Å². The van der Waals surface area contributed by atoms with Crippen molar-refractivity contribution >= 4 is 0 Å². The van der Waals surface area contributed by atoms with Gasteiger partial charge in [-0.1, -0.05) is 0 Å². The van der Waals surface area contributed by atoms with Gasteiger partial charge in [-0.2, -0.15) is 0 Å². The first-order valence-corrected chi connectivity index (χ1v) is 3.33. The first-order chi connectivity index (χ1) is 4.33. The smallest absolute Gasteiger partial charge is 0.226 e. The molecule has 0 saturated heterocycles. The third kappa shape index (κ3) is 1.67. The van der Waals surface area contributed by atoms with Crippen molar-refractivity contribution < 1.29 is 4.39 Å². The molecule has 2 atom stereocenters. The third-order valence-corrected chi connectivity index (χ3v) is 1.77. The van der Waals surface area contributed by atoms with Crippen molar-refractivity contribution in [2.75, 3.05) is 0 Å². The second-order valence-electron chi connectivity index (χ2n) is 2.55. The standard InChI is InChI=1S/C7H10FN/c1-9-7-4-2-3-6(8)5-7/h6-7H,2-5H2. The minimum Gasteiger partial charge on any atom is -0.314 e. The lowest BCUT2D eigenvalue weighted by Gasteiger charge is -2.14. The van der Waals surface area contributed by atoms with Crippen LogP contribution in [0.15, 0.2) is 0 Å². The van der Waals surface area contributed by atoms with Crippen LogP contribution >= 0.6 is 0 Å². The Labute approximate surface area is 54.7 Å². The Morgan fingerprint density at radius 1 is 1.44 bits per heavy atom. The predicted octanol–water partition coefficient (Wildman–Crippen LogP) is 2.19. The second-order valence-corrected chi connectivity index (χ2v) is 2.55. The zero-order chi connectivity index (χ0) is 6.69. The van der Waals surface area contributed by atoms with Gasteiger partial charge in [0.2, 0.25) is 6.04 Å². The Kier molecular flexibility index (Phi) is 2.05. The molecule has 2 unspecified atom stereocenters. The first kappa shape index (κ1) is 6.54. The summed E-state index contributed by atoms with van der Waals surface area (Å²) in [4.78, 5) is 3.31. The van der Waals surface area contributed by atoms with Crippen molar-refractivity contribution in [3.05, 3.63) is 11.4 Å². The lowest BCUT2D eigenvalue weighted by Crippen LogP contribution is -2.17. The molecule has 1 rings (SSSR count). The number of nitrogens with zero attached hydrogens (tertiary/aromatic N) is 1. The van der Waals surface area contributed by atoms with E-state index >= 15 is 0 Å². The van der Waals surface area contributed by atoms with Crippen LogP contribution in [0, 0.1) is 6.57 Å². The molecule has 0 amide bonds. The summed E-state index contributed by atoms with van der Waals surface area (Å²) in [5, 5.41) is 0. The van der Waals surface area contributed by atoms with Gasteiger partial charge in [0.25, 0.3) is 0 Å². The van der Waals surface area contributed by atoms with Gasteiger partial charge in [0.15, 0.2) is 0 Å². The average Bonchev–Trinajstić information content (AvgIpc) is 1.88. The largest absolute Gasteiger partial charge is 0.314 e. The normalized spacial score (nSPS) is 35.6. The van der Waals surface area contributed by atoms with Crippen molar-refractivity contribution in [1.82, 2.24) is 0 Å². The fourth-order valence-corrected chi connectivity index (χ4v) is 1.22. The van der Waals surface area contributed by atoms with Gasteiger partial charge >= 0.3 is 0 Å². The molecule has 0 bridgehead atoms. The molecule has 0 aromatic carbocycles. The highest BCUT2D eigenvalue weighted by atomic mass is 19.1. The summed E-state index contributed by atoms with van der Waals surface area (Å²) in [6, 6.07) is -0.0197. The number of alkyl halides is 1. The number of halogens is 1.